The molecule has 0 aromatic heterocycles. The van der Waals surface area contributed by atoms with E-state index < -0.39 is 0 Å². The van der Waals surface area contributed by atoms with Crippen molar-refractivity contribution < 1.29 is 14.3 Å². The molecule has 1 aliphatic carbocycles. The number of para-hydroxylation sites is 1. The van der Waals surface area contributed by atoms with Crippen LogP contribution in [0.1, 0.15) is 40.0 Å². The van der Waals surface area contributed by atoms with E-state index in [9.17, 15) is 9.59 Å². The van der Waals surface area contributed by atoms with Gasteiger partial charge in [0, 0.05) is 30.7 Å². The number of amides is 2. The van der Waals surface area contributed by atoms with Gasteiger partial charge in [-0.1, -0.05) is 12.1 Å². The maximum atomic E-state index is 12.8. The molecule has 2 aliphatic rings. The first-order valence-electron chi connectivity index (χ1n) is 9.73. The molecule has 1 heterocycles. The van der Waals surface area contributed by atoms with Crippen molar-refractivity contribution in [2.24, 2.45) is 0 Å². The van der Waals surface area contributed by atoms with Crippen molar-refractivity contribution >= 4 is 17.5 Å². The first kappa shape index (κ1) is 18.5. The Kier molecular flexibility index (Phi) is 5.30. The van der Waals surface area contributed by atoms with E-state index in [1.54, 1.807) is 43.5 Å². The number of benzene rings is 2. The van der Waals surface area contributed by atoms with Gasteiger partial charge in [-0.15, -0.1) is 0 Å². The molecule has 2 amide bonds. The number of carbonyl (C=O) groups is 2. The lowest BCUT2D eigenvalue weighted by molar-refractivity contribution is 0.0938. The highest BCUT2D eigenvalue weighted by Crippen LogP contribution is 2.30. The van der Waals surface area contributed by atoms with E-state index in [1.807, 2.05) is 12.1 Å². The Labute approximate surface area is 164 Å². The predicted molar refractivity (Wildman–Crippen MR) is 108 cm³/mol. The van der Waals surface area contributed by atoms with Crippen molar-refractivity contribution in [3.05, 3.63) is 59.7 Å². The summed E-state index contributed by atoms with van der Waals surface area (Å²) < 4.78 is 5.12. The zero-order chi connectivity index (χ0) is 19.5. The van der Waals surface area contributed by atoms with Gasteiger partial charge in [0.1, 0.15) is 5.75 Å². The SMILES string of the molecule is COc1ccc(C(=O)Nc2ccccc2C(=O)NC2CCN(C3CC3)C2)cc1. The molecule has 0 radical (unpaired) electrons. The average Bonchev–Trinajstić information content (AvgIpc) is 3.47. The highest BCUT2D eigenvalue weighted by atomic mass is 16.5. The number of hydrogen-bond acceptors (Lipinski definition) is 4. The van der Waals surface area contributed by atoms with E-state index >= 15 is 0 Å². The van der Waals surface area contributed by atoms with E-state index in [0.29, 0.717) is 22.6 Å². The monoisotopic (exact) mass is 379 g/mol. The molecule has 146 valence electrons. The lowest BCUT2D eigenvalue weighted by Gasteiger charge is -2.17. The Balaban J connectivity index is 1.42. The third-order valence-corrected chi connectivity index (χ3v) is 5.39. The number of nitrogens with one attached hydrogen (secondary N) is 2. The van der Waals surface area contributed by atoms with Gasteiger partial charge in [-0.25, -0.2) is 0 Å². The molecule has 1 unspecified atom stereocenters. The number of likely N-dealkylation sites (tertiary alicyclic amines) is 1. The molecule has 2 N–H and O–H groups in total. The summed E-state index contributed by atoms with van der Waals surface area (Å²) in [7, 11) is 1.58. The smallest absolute Gasteiger partial charge is 0.255 e. The quantitative estimate of drug-likeness (QED) is 0.810. The van der Waals surface area contributed by atoms with E-state index in [0.717, 1.165) is 25.6 Å². The van der Waals surface area contributed by atoms with Crippen LogP contribution in [-0.4, -0.2) is 49.0 Å². The summed E-state index contributed by atoms with van der Waals surface area (Å²) in [5.41, 5.74) is 1.50. The fraction of sp³-hybridized carbons (Fsp3) is 0.364. The van der Waals surface area contributed by atoms with Gasteiger partial charge in [0.2, 0.25) is 0 Å². The highest BCUT2D eigenvalue weighted by Gasteiger charge is 2.35. The fourth-order valence-corrected chi connectivity index (χ4v) is 3.67. The molecule has 1 aliphatic heterocycles. The van der Waals surface area contributed by atoms with Gasteiger partial charge in [-0.05, 0) is 55.7 Å². The van der Waals surface area contributed by atoms with Gasteiger partial charge in [-0.2, -0.15) is 0 Å². The number of hydrogen-bond donors (Lipinski definition) is 2. The molecule has 4 rings (SSSR count). The molecule has 1 saturated carbocycles. The van der Waals surface area contributed by atoms with Crippen LogP contribution < -0.4 is 15.4 Å². The molecule has 0 bridgehead atoms. The van der Waals surface area contributed by atoms with Crippen molar-refractivity contribution in [1.82, 2.24) is 10.2 Å². The summed E-state index contributed by atoms with van der Waals surface area (Å²) in [6, 6.07) is 14.9. The van der Waals surface area contributed by atoms with Gasteiger partial charge >= 0.3 is 0 Å². The van der Waals surface area contributed by atoms with Crippen LogP contribution in [0.2, 0.25) is 0 Å². The predicted octanol–water partition coefficient (Wildman–Crippen LogP) is 2.91. The van der Waals surface area contributed by atoms with Crippen molar-refractivity contribution in [1.29, 1.82) is 0 Å². The van der Waals surface area contributed by atoms with Crippen LogP contribution in [0.15, 0.2) is 48.5 Å². The van der Waals surface area contributed by atoms with Crippen molar-refractivity contribution in [2.75, 3.05) is 25.5 Å². The zero-order valence-electron chi connectivity index (χ0n) is 16.0. The molecule has 6 heteroatoms. The highest BCUT2D eigenvalue weighted by molar-refractivity contribution is 6.09. The second-order valence-corrected chi connectivity index (χ2v) is 7.41. The summed E-state index contributed by atoms with van der Waals surface area (Å²) in [6.07, 6.45) is 3.53. The second-order valence-electron chi connectivity index (χ2n) is 7.41. The van der Waals surface area contributed by atoms with Crippen LogP contribution in [0.5, 0.6) is 5.75 Å². The van der Waals surface area contributed by atoms with Crippen molar-refractivity contribution in [3.63, 3.8) is 0 Å². The summed E-state index contributed by atoms with van der Waals surface area (Å²) in [6.45, 7) is 1.96. The number of carbonyl (C=O) groups excluding carboxylic acids is 2. The summed E-state index contributed by atoms with van der Waals surface area (Å²) in [4.78, 5) is 27.8. The van der Waals surface area contributed by atoms with Crippen LogP contribution >= 0.6 is 0 Å². The molecule has 2 aromatic rings. The van der Waals surface area contributed by atoms with Crippen LogP contribution in [0, 0.1) is 0 Å². The Morgan fingerprint density at radius 1 is 1.00 bits per heavy atom. The molecule has 2 aromatic carbocycles. The third-order valence-electron chi connectivity index (χ3n) is 5.39. The largest absolute Gasteiger partial charge is 0.497 e. The topological polar surface area (TPSA) is 70.7 Å². The molecular formula is C22H25N3O3. The summed E-state index contributed by atoms with van der Waals surface area (Å²) in [5, 5.41) is 5.98. The minimum atomic E-state index is -0.260. The number of nitrogens with zero attached hydrogens (tertiary/aromatic N) is 1. The number of ether oxygens (including phenoxy) is 1. The van der Waals surface area contributed by atoms with E-state index in [2.05, 4.69) is 15.5 Å². The standard InChI is InChI=1S/C22H25N3O3/c1-28-18-10-6-15(7-11-18)21(26)24-20-5-3-2-4-19(20)22(27)23-16-12-13-25(14-16)17-8-9-17/h2-7,10-11,16-17H,8-9,12-14H2,1H3,(H,23,27)(H,24,26). The van der Waals surface area contributed by atoms with Gasteiger partial charge in [0.05, 0.1) is 18.4 Å². The maximum absolute atomic E-state index is 12.8. The zero-order valence-corrected chi connectivity index (χ0v) is 16.0. The van der Waals surface area contributed by atoms with Crippen molar-refractivity contribution in [2.45, 2.75) is 31.3 Å². The van der Waals surface area contributed by atoms with Gasteiger partial charge in [0.25, 0.3) is 11.8 Å². The van der Waals surface area contributed by atoms with E-state index in [4.69, 9.17) is 4.74 Å². The third kappa shape index (κ3) is 4.17. The fourth-order valence-electron chi connectivity index (χ4n) is 3.67. The van der Waals surface area contributed by atoms with Crippen molar-refractivity contribution in [3.8, 4) is 5.75 Å². The number of anilines is 1. The van der Waals surface area contributed by atoms with E-state index in [-0.39, 0.29) is 17.9 Å². The first-order valence-corrected chi connectivity index (χ1v) is 9.73. The molecule has 2 fully saturated rings. The molecule has 0 spiro atoms. The maximum Gasteiger partial charge on any atom is 0.255 e. The molecule has 1 saturated heterocycles. The molecule has 6 nitrogen and oxygen atoms in total. The van der Waals surface area contributed by atoms with Crippen LogP contribution in [-0.2, 0) is 0 Å². The Morgan fingerprint density at radius 2 is 1.75 bits per heavy atom. The minimum Gasteiger partial charge on any atom is -0.497 e. The Bertz CT molecular complexity index is 862. The lowest BCUT2D eigenvalue weighted by Crippen LogP contribution is -2.37. The Morgan fingerprint density at radius 3 is 2.46 bits per heavy atom. The average molecular weight is 379 g/mol. The molecular weight excluding hydrogens is 354 g/mol. The van der Waals surface area contributed by atoms with Gasteiger partial charge < -0.3 is 15.4 Å². The first-order chi connectivity index (χ1) is 13.6. The summed E-state index contributed by atoms with van der Waals surface area (Å²) >= 11 is 0. The molecule has 28 heavy (non-hydrogen) atoms. The van der Waals surface area contributed by atoms with Crippen LogP contribution in [0.4, 0.5) is 5.69 Å². The van der Waals surface area contributed by atoms with Gasteiger partial charge in [-0.3, -0.25) is 14.5 Å². The normalized spacial score (nSPS) is 19.2. The van der Waals surface area contributed by atoms with Gasteiger partial charge in [0.15, 0.2) is 0 Å². The summed E-state index contributed by atoms with van der Waals surface area (Å²) in [5.74, 6) is 0.282. The van der Waals surface area contributed by atoms with Crippen LogP contribution in [0.25, 0.3) is 0 Å². The lowest BCUT2D eigenvalue weighted by atomic mass is 10.1. The number of methoxy groups -OCH3 is 1. The Hall–Kier alpha value is -2.86. The second kappa shape index (κ2) is 8.02. The van der Waals surface area contributed by atoms with E-state index in [1.165, 1.54) is 12.8 Å². The number of rotatable bonds is 6. The van der Waals surface area contributed by atoms with Crippen LogP contribution in [0.3, 0.4) is 0 Å². The molecule has 1 atom stereocenters. The minimum absolute atomic E-state index is 0.145.